The van der Waals surface area contributed by atoms with Gasteiger partial charge in [0.1, 0.15) is 5.75 Å². The Balaban J connectivity index is 1.95. The molecule has 0 amide bonds. The first-order valence-electron chi connectivity index (χ1n) is 8.90. The summed E-state index contributed by atoms with van der Waals surface area (Å²) >= 11 is 0. The van der Waals surface area contributed by atoms with Gasteiger partial charge in [0.05, 0.1) is 13.7 Å². The third-order valence-corrected chi connectivity index (χ3v) is 4.14. The van der Waals surface area contributed by atoms with Crippen LogP contribution in [0, 0.1) is 6.92 Å². The number of hydrogen-bond donors (Lipinski definition) is 2. The van der Waals surface area contributed by atoms with Crippen molar-refractivity contribution in [3.63, 3.8) is 0 Å². The summed E-state index contributed by atoms with van der Waals surface area (Å²) in [5.74, 6) is 1.63. The minimum atomic E-state index is 0.626. The standard InChI is InChI=1S/C21H29N3O2/c1-5-26-15-19-9-7-6-8-17(19)13-23-21(22-3)24-14-18-11-10-16(2)12-20(18)25-4/h6-12H,5,13-15H2,1-4H3,(H2,22,23,24). The second-order valence-electron chi connectivity index (χ2n) is 6.00. The van der Waals surface area contributed by atoms with Crippen molar-refractivity contribution < 1.29 is 9.47 Å². The first-order chi connectivity index (χ1) is 12.7. The van der Waals surface area contributed by atoms with Crippen molar-refractivity contribution in [1.82, 2.24) is 10.6 Å². The highest BCUT2D eigenvalue weighted by molar-refractivity contribution is 5.79. The molecule has 140 valence electrons. The second-order valence-corrected chi connectivity index (χ2v) is 6.00. The van der Waals surface area contributed by atoms with E-state index in [9.17, 15) is 0 Å². The minimum absolute atomic E-state index is 0.626. The summed E-state index contributed by atoms with van der Waals surface area (Å²) in [6.45, 7) is 6.73. The maximum atomic E-state index is 5.55. The summed E-state index contributed by atoms with van der Waals surface area (Å²) in [6, 6.07) is 14.5. The number of methoxy groups -OCH3 is 1. The quantitative estimate of drug-likeness (QED) is 0.563. The minimum Gasteiger partial charge on any atom is -0.496 e. The molecule has 0 radical (unpaired) electrons. The van der Waals surface area contributed by atoms with Gasteiger partial charge < -0.3 is 20.1 Å². The summed E-state index contributed by atoms with van der Waals surface area (Å²) in [6.07, 6.45) is 0. The molecule has 0 aliphatic heterocycles. The van der Waals surface area contributed by atoms with Crippen LogP contribution in [-0.4, -0.2) is 26.7 Å². The monoisotopic (exact) mass is 355 g/mol. The fourth-order valence-corrected chi connectivity index (χ4v) is 2.66. The number of ether oxygens (including phenoxy) is 2. The van der Waals surface area contributed by atoms with Crippen LogP contribution in [0.25, 0.3) is 0 Å². The molecule has 26 heavy (non-hydrogen) atoms. The van der Waals surface area contributed by atoms with Crippen molar-refractivity contribution >= 4 is 5.96 Å². The van der Waals surface area contributed by atoms with Crippen molar-refractivity contribution in [3.8, 4) is 5.75 Å². The van der Waals surface area contributed by atoms with Gasteiger partial charge in [0.2, 0.25) is 0 Å². The summed E-state index contributed by atoms with van der Waals surface area (Å²) in [5.41, 5.74) is 4.67. The Labute approximate surface area is 156 Å². The van der Waals surface area contributed by atoms with Gasteiger partial charge in [-0.1, -0.05) is 36.4 Å². The topological polar surface area (TPSA) is 54.9 Å². The molecule has 0 atom stereocenters. The molecule has 0 aliphatic rings. The van der Waals surface area contributed by atoms with Crippen LogP contribution in [-0.2, 0) is 24.4 Å². The highest BCUT2D eigenvalue weighted by Gasteiger charge is 2.06. The van der Waals surface area contributed by atoms with Crippen LogP contribution in [0.4, 0.5) is 0 Å². The van der Waals surface area contributed by atoms with E-state index in [4.69, 9.17) is 9.47 Å². The smallest absolute Gasteiger partial charge is 0.191 e. The number of guanidine groups is 1. The molecular weight excluding hydrogens is 326 g/mol. The molecule has 0 bridgehead atoms. The van der Waals surface area contributed by atoms with Crippen LogP contribution >= 0.6 is 0 Å². The zero-order valence-electron chi connectivity index (χ0n) is 16.1. The molecule has 2 N–H and O–H groups in total. The molecule has 0 saturated carbocycles. The Morgan fingerprint density at radius 3 is 2.35 bits per heavy atom. The molecule has 0 saturated heterocycles. The Hall–Kier alpha value is -2.53. The van der Waals surface area contributed by atoms with Gasteiger partial charge in [0.25, 0.3) is 0 Å². The zero-order valence-corrected chi connectivity index (χ0v) is 16.1. The molecule has 0 unspecified atom stereocenters. The lowest BCUT2D eigenvalue weighted by Gasteiger charge is -2.15. The molecule has 0 fully saturated rings. The molecule has 2 rings (SSSR count). The molecule has 5 nitrogen and oxygen atoms in total. The van der Waals surface area contributed by atoms with Crippen LogP contribution in [0.15, 0.2) is 47.5 Å². The number of nitrogens with zero attached hydrogens (tertiary/aromatic N) is 1. The number of rotatable bonds is 8. The van der Waals surface area contributed by atoms with Gasteiger partial charge in [-0.25, -0.2) is 0 Å². The number of benzene rings is 2. The van der Waals surface area contributed by atoms with Gasteiger partial charge in [-0.15, -0.1) is 0 Å². The van der Waals surface area contributed by atoms with Crippen molar-refractivity contribution in [2.24, 2.45) is 4.99 Å². The molecule has 0 heterocycles. The fraction of sp³-hybridized carbons (Fsp3) is 0.381. The van der Waals surface area contributed by atoms with E-state index in [-0.39, 0.29) is 0 Å². The molecule has 2 aromatic carbocycles. The van der Waals surface area contributed by atoms with E-state index in [1.807, 2.05) is 25.1 Å². The highest BCUT2D eigenvalue weighted by atomic mass is 16.5. The van der Waals surface area contributed by atoms with E-state index in [2.05, 4.69) is 46.8 Å². The number of aryl methyl sites for hydroxylation is 1. The zero-order chi connectivity index (χ0) is 18.8. The summed E-state index contributed by atoms with van der Waals surface area (Å²) in [4.78, 5) is 4.31. The van der Waals surface area contributed by atoms with E-state index < -0.39 is 0 Å². The third-order valence-electron chi connectivity index (χ3n) is 4.14. The molecule has 5 heteroatoms. The van der Waals surface area contributed by atoms with E-state index in [1.165, 1.54) is 16.7 Å². The van der Waals surface area contributed by atoms with Crippen LogP contribution in [0.5, 0.6) is 5.75 Å². The predicted octanol–water partition coefficient (Wildman–Crippen LogP) is 3.41. The average Bonchev–Trinajstić information content (AvgIpc) is 2.67. The van der Waals surface area contributed by atoms with Crippen molar-refractivity contribution in [1.29, 1.82) is 0 Å². The van der Waals surface area contributed by atoms with Crippen LogP contribution < -0.4 is 15.4 Å². The van der Waals surface area contributed by atoms with E-state index in [0.717, 1.165) is 17.3 Å². The Bertz CT molecular complexity index is 729. The third kappa shape index (κ3) is 5.77. The van der Waals surface area contributed by atoms with Crippen LogP contribution in [0.3, 0.4) is 0 Å². The lowest BCUT2D eigenvalue weighted by atomic mass is 10.1. The fourth-order valence-electron chi connectivity index (χ4n) is 2.66. The van der Waals surface area contributed by atoms with Crippen LogP contribution in [0.2, 0.25) is 0 Å². The average molecular weight is 355 g/mol. The van der Waals surface area contributed by atoms with E-state index in [1.54, 1.807) is 14.2 Å². The Kier molecular flexibility index (Phi) is 7.96. The summed E-state index contributed by atoms with van der Waals surface area (Å²) in [7, 11) is 3.47. The molecule has 0 aromatic heterocycles. The van der Waals surface area contributed by atoms with Crippen molar-refractivity contribution in [2.75, 3.05) is 20.8 Å². The molecular formula is C21H29N3O2. The highest BCUT2D eigenvalue weighted by Crippen LogP contribution is 2.19. The largest absolute Gasteiger partial charge is 0.496 e. The lowest BCUT2D eigenvalue weighted by Crippen LogP contribution is -2.36. The molecule has 0 aliphatic carbocycles. The van der Waals surface area contributed by atoms with Crippen LogP contribution in [0.1, 0.15) is 29.2 Å². The maximum Gasteiger partial charge on any atom is 0.191 e. The summed E-state index contributed by atoms with van der Waals surface area (Å²) < 4.78 is 11.0. The predicted molar refractivity (Wildman–Crippen MR) is 107 cm³/mol. The van der Waals surface area contributed by atoms with Crippen molar-refractivity contribution in [2.45, 2.75) is 33.5 Å². The first kappa shape index (κ1) is 19.8. The van der Waals surface area contributed by atoms with Crippen molar-refractivity contribution in [3.05, 3.63) is 64.7 Å². The van der Waals surface area contributed by atoms with Gasteiger partial charge in [-0.2, -0.15) is 0 Å². The Morgan fingerprint density at radius 2 is 1.69 bits per heavy atom. The maximum absolute atomic E-state index is 5.55. The van der Waals surface area contributed by atoms with E-state index >= 15 is 0 Å². The number of nitrogens with one attached hydrogen (secondary N) is 2. The van der Waals surface area contributed by atoms with Gasteiger partial charge in [-0.3, -0.25) is 4.99 Å². The summed E-state index contributed by atoms with van der Waals surface area (Å²) in [5, 5.41) is 6.70. The number of hydrogen-bond acceptors (Lipinski definition) is 3. The Morgan fingerprint density at radius 1 is 1.00 bits per heavy atom. The molecule has 0 spiro atoms. The lowest BCUT2D eigenvalue weighted by molar-refractivity contribution is 0.133. The molecule has 2 aromatic rings. The second kappa shape index (κ2) is 10.5. The first-order valence-corrected chi connectivity index (χ1v) is 8.90. The number of aliphatic imine (C=N–C) groups is 1. The SMILES string of the molecule is CCOCc1ccccc1CNC(=NC)NCc1ccc(C)cc1OC. The van der Waals surface area contributed by atoms with Gasteiger partial charge in [-0.05, 0) is 36.6 Å². The van der Waals surface area contributed by atoms with E-state index in [0.29, 0.717) is 26.3 Å². The van der Waals surface area contributed by atoms with Gasteiger partial charge in [0, 0.05) is 32.3 Å². The van der Waals surface area contributed by atoms with Gasteiger partial charge >= 0.3 is 0 Å². The van der Waals surface area contributed by atoms with Gasteiger partial charge in [0.15, 0.2) is 5.96 Å². The normalized spacial score (nSPS) is 11.3.